The highest BCUT2D eigenvalue weighted by molar-refractivity contribution is 5.83. The first-order valence-electron chi connectivity index (χ1n) is 14.0. The van der Waals surface area contributed by atoms with Gasteiger partial charge in [0.05, 0.1) is 37.5 Å². The first-order chi connectivity index (χ1) is 20.5. The van der Waals surface area contributed by atoms with Gasteiger partial charge in [-0.05, 0) is 58.7 Å². The van der Waals surface area contributed by atoms with E-state index < -0.39 is 18.5 Å². The zero-order valence-corrected chi connectivity index (χ0v) is 23.5. The summed E-state index contributed by atoms with van der Waals surface area (Å²) in [6, 6.07) is 31.5. The van der Waals surface area contributed by atoms with Crippen molar-refractivity contribution in [3.8, 4) is 11.8 Å². The molecule has 0 aliphatic carbocycles. The number of ether oxygens (including phenoxy) is 4. The molecule has 0 radical (unpaired) electrons. The molecule has 3 unspecified atom stereocenters. The molecule has 0 aromatic heterocycles. The number of piperidine rings is 1. The first kappa shape index (κ1) is 29.1. The van der Waals surface area contributed by atoms with Gasteiger partial charge in [-0.1, -0.05) is 60.7 Å². The molecule has 5 rings (SSSR count). The number of benzene rings is 4. The van der Waals surface area contributed by atoms with E-state index in [0.29, 0.717) is 44.1 Å². The summed E-state index contributed by atoms with van der Waals surface area (Å²) >= 11 is 0. The van der Waals surface area contributed by atoms with Crippen molar-refractivity contribution < 1.29 is 28.8 Å². The molecule has 42 heavy (non-hydrogen) atoms. The molecule has 1 heterocycles. The molecule has 8 nitrogen and oxygen atoms in total. The highest BCUT2D eigenvalue weighted by Gasteiger charge is 2.35. The second-order valence-corrected chi connectivity index (χ2v) is 10.3. The van der Waals surface area contributed by atoms with Crippen LogP contribution in [0.1, 0.15) is 40.9 Å². The minimum atomic E-state index is -0.964. The van der Waals surface area contributed by atoms with Crippen LogP contribution in [0.15, 0.2) is 91.0 Å². The van der Waals surface area contributed by atoms with E-state index in [1.807, 2.05) is 72.8 Å². The molecule has 4 aromatic carbocycles. The molecule has 1 N–H and O–H groups in total. The van der Waals surface area contributed by atoms with Crippen molar-refractivity contribution in [3.05, 3.63) is 113 Å². The number of amides is 1. The van der Waals surface area contributed by atoms with E-state index in [1.54, 1.807) is 13.2 Å². The summed E-state index contributed by atoms with van der Waals surface area (Å²) in [7, 11) is 1.62. The molecule has 0 spiro atoms. The lowest BCUT2D eigenvalue weighted by atomic mass is 9.87. The normalized spacial score (nSPS) is 17.5. The van der Waals surface area contributed by atoms with E-state index in [9.17, 15) is 9.90 Å². The summed E-state index contributed by atoms with van der Waals surface area (Å²) in [5, 5.41) is 21.1. The lowest BCUT2D eigenvalue weighted by Gasteiger charge is -2.39. The maximum Gasteiger partial charge on any atom is 0.407 e. The Labute approximate surface area is 245 Å². The minimum absolute atomic E-state index is 0.0454. The van der Waals surface area contributed by atoms with Crippen molar-refractivity contribution in [2.75, 3.05) is 33.4 Å². The second kappa shape index (κ2) is 14.0. The van der Waals surface area contributed by atoms with Crippen LogP contribution in [0, 0.1) is 11.3 Å². The Kier molecular flexibility index (Phi) is 9.67. The predicted octanol–water partition coefficient (Wildman–Crippen LogP) is 6.50. The molecule has 1 amide bonds. The number of hydrogen-bond donors (Lipinski definition) is 1. The average molecular weight is 567 g/mol. The third-order valence-corrected chi connectivity index (χ3v) is 7.50. The molecular formula is C34H34N2O6. The number of likely N-dealkylation sites (tertiary alicyclic amines) is 1. The average Bonchev–Trinajstić information content (AvgIpc) is 3.03. The van der Waals surface area contributed by atoms with Crippen LogP contribution in [-0.4, -0.2) is 55.6 Å². The van der Waals surface area contributed by atoms with Gasteiger partial charge in [-0.3, -0.25) is 0 Å². The van der Waals surface area contributed by atoms with Gasteiger partial charge >= 0.3 is 6.09 Å². The Morgan fingerprint density at radius 3 is 2.57 bits per heavy atom. The SMILES string of the molecule is COCCOC(OC1CN(C(=O)O)CCC1c1ccc(OCc2cccc(C#N)c2)cc1)c1ccc2ccccc2c1. The third-order valence-electron chi connectivity index (χ3n) is 7.50. The van der Waals surface area contributed by atoms with Gasteiger partial charge in [-0.15, -0.1) is 0 Å². The van der Waals surface area contributed by atoms with Crippen molar-refractivity contribution in [3.63, 3.8) is 0 Å². The Hall–Kier alpha value is -4.42. The summed E-state index contributed by atoms with van der Waals surface area (Å²) in [5.41, 5.74) is 3.41. The van der Waals surface area contributed by atoms with Crippen molar-refractivity contribution in [1.82, 2.24) is 4.90 Å². The topological polar surface area (TPSA) is 101 Å². The lowest BCUT2D eigenvalue weighted by molar-refractivity contribution is -0.192. The summed E-state index contributed by atoms with van der Waals surface area (Å²) in [5.74, 6) is 0.662. The van der Waals surface area contributed by atoms with Crippen LogP contribution in [0.25, 0.3) is 10.8 Å². The van der Waals surface area contributed by atoms with Crippen molar-refractivity contribution in [2.24, 2.45) is 0 Å². The molecule has 1 aliphatic heterocycles. The Morgan fingerprint density at radius 1 is 1.00 bits per heavy atom. The Balaban J connectivity index is 1.35. The van der Waals surface area contributed by atoms with Gasteiger partial charge in [0, 0.05) is 25.1 Å². The lowest BCUT2D eigenvalue weighted by Crippen LogP contribution is -2.47. The van der Waals surface area contributed by atoms with Crippen LogP contribution in [0.5, 0.6) is 5.75 Å². The zero-order valence-electron chi connectivity index (χ0n) is 23.5. The second-order valence-electron chi connectivity index (χ2n) is 10.3. The van der Waals surface area contributed by atoms with Crippen molar-refractivity contribution in [2.45, 2.75) is 31.3 Å². The smallest absolute Gasteiger partial charge is 0.407 e. The Bertz CT molecular complexity index is 1530. The quantitative estimate of drug-likeness (QED) is 0.163. The number of methoxy groups -OCH3 is 1. The summed E-state index contributed by atoms with van der Waals surface area (Å²) in [6.07, 6.45) is -1.48. The number of rotatable bonds is 11. The Morgan fingerprint density at radius 2 is 1.81 bits per heavy atom. The largest absolute Gasteiger partial charge is 0.489 e. The molecule has 8 heteroatoms. The minimum Gasteiger partial charge on any atom is -0.489 e. The van der Waals surface area contributed by atoms with Crippen molar-refractivity contribution >= 4 is 16.9 Å². The molecule has 0 saturated carbocycles. The molecule has 1 saturated heterocycles. The van der Waals surface area contributed by atoms with Crippen LogP contribution in [0.2, 0.25) is 0 Å². The maximum absolute atomic E-state index is 11.9. The highest BCUT2D eigenvalue weighted by atomic mass is 16.7. The van der Waals surface area contributed by atoms with E-state index in [0.717, 1.165) is 27.5 Å². The molecule has 4 aromatic rings. The fourth-order valence-electron chi connectivity index (χ4n) is 5.28. The summed E-state index contributed by atoms with van der Waals surface area (Å²) < 4.78 is 24.0. The number of nitriles is 1. The standard InChI is InChI=1S/C34H34N2O6/c1-39-17-18-40-33(29-10-9-26-7-2-3-8-28(26)20-29)42-32-22-36(34(37)38)16-15-31(32)27-11-13-30(14-12-27)41-23-25-6-4-5-24(19-25)21-35/h2-14,19-20,31-33H,15-18,22-23H2,1H3,(H,37,38). The highest BCUT2D eigenvalue weighted by Crippen LogP contribution is 2.35. The van der Waals surface area contributed by atoms with E-state index in [4.69, 9.17) is 24.2 Å². The number of hydrogen-bond acceptors (Lipinski definition) is 6. The molecular weight excluding hydrogens is 532 g/mol. The van der Waals surface area contributed by atoms with Gasteiger partial charge < -0.3 is 29.0 Å². The zero-order chi connectivity index (χ0) is 29.3. The van der Waals surface area contributed by atoms with Gasteiger partial charge in [0.2, 0.25) is 0 Å². The van der Waals surface area contributed by atoms with E-state index >= 15 is 0 Å². The number of carboxylic acid groups (broad SMARTS) is 1. The van der Waals surface area contributed by atoms with Crippen LogP contribution in [0.4, 0.5) is 4.79 Å². The van der Waals surface area contributed by atoms with Gasteiger partial charge in [0.15, 0.2) is 6.29 Å². The molecule has 1 aliphatic rings. The monoisotopic (exact) mass is 566 g/mol. The third kappa shape index (κ3) is 7.25. The number of carbonyl (C=O) groups is 1. The van der Waals surface area contributed by atoms with Gasteiger partial charge in [-0.25, -0.2) is 4.79 Å². The fraction of sp³-hybridized carbons (Fsp3) is 0.294. The van der Waals surface area contributed by atoms with Crippen LogP contribution >= 0.6 is 0 Å². The van der Waals surface area contributed by atoms with Crippen LogP contribution < -0.4 is 4.74 Å². The van der Waals surface area contributed by atoms with E-state index in [-0.39, 0.29) is 12.5 Å². The van der Waals surface area contributed by atoms with Gasteiger partial charge in [-0.2, -0.15) is 5.26 Å². The summed E-state index contributed by atoms with van der Waals surface area (Å²) in [4.78, 5) is 13.3. The molecule has 0 bridgehead atoms. The fourth-order valence-corrected chi connectivity index (χ4v) is 5.28. The summed E-state index contributed by atoms with van der Waals surface area (Å²) in [6.45, 7) is 1.73. The van der Waals surface area contributed by atoms with Crippen LogP contribution in [0.3, 0.4) is 0 Å². The van der Waals surface area contributed by atoms with E-state index in [1.165, 1.54) is 4.90 Å². The van der Waals surface area contributed by atoms with Gasteiger partial charge in [0.25, 0.3) is 0 Å². The van der Waals surface area contributed by atoms with Crippen LogP contribution in [-0.2, 0) is 20.8 Å². The maximum atomic E-state index is 11.9. The van der Waals surface area contributed by atoms with Crippen molar-refractivity contribution in [1.29, 1.82) is 5.26 Å². The molecule has 3 atom stereocenters. The van der Waals surface area contributed by atoms with Gasteiger partial charge in [0.1, 0.15) is 12.4 Å². The number of fused-ring (bicyclic) bond motifs is 1. The molecule has 216 valence electrons. The number of nitrogens with zero attached hydrogens (tertiary/aromatic N) is 2. The van der Waals surface area contributed by atoms with E-state index in [2.05, 4.69) is 18.2 Å². The predicted molar refractivity (Wildman–Crippen MR) is 158 cm³/mol. The first-order valence-corrected chi connectivity index (χ1v) is 14.0. The molecule has 1 fully saturated rings.